The third-order valence-electron chi connectivity index (χ3n) is 2.99. The Labute approximate surface area is 129 Å². The second-order valence-corrected chi connectivity index (χ2v) is 6.16. The summed E-state index contributed by atoms with van der Waals surface area (Å²) in [5.74, 6) is -0.192. The topological polar surface area (TPSA) is 42.9 Å². The molecule has 2 rings (SSSR count). The Hall–Kier alpha value is -2.00. The predicted molar refractivity (Wildman–Crippen MR) is 85.5 cm³/mol. The highest BCUT2D eigenvalue weighted by Crippen LogP contribution is 2.19. The Morgan fingerprint density at radius 1 is 1.14 bits per heavy atom. The molecular weight excluding hydrogens is 284 g/mol. The molecular formula is C17H17ClN2O. The van der Waals surface area contributed by atoms with E-state index in [-0.39, 0.29) is 11.2 Å². The summed E-state index contributed by atoms with van der Waals surface area (Å²) in [6.07, 6.45) is 6.31. The van der Waals surface area contributed by atoms with Gasteiger partial charge in [0, 0.05) is 16.6 Å². The molecule has 0 saturated heterocycles. The maximum absolute atomic E-state index is 12.1. The van der Waals surface area contributed by atoms with Crippen LogP contribution in [-0.4, -0.2) is 15.8 Å². The first-order chi connectivity index (χ1) is 9.88. The van der Waals surface area contributed by atoms with Crippen LogP contribution in [0.15, 0.2) is 42.7 Å². The third-order valence-corrected chi connectivity index (χ3v) is 3.34. The normalized spacial score (nSPS) is 11.8. The van der Waals surface area contributed by atoms with E-state index in [0.717, 1.165) is 11.3 Å². The van der Waals surface area contributed by atoms with E-state index in [1.807, 2.05) is 18.2 Å². The lowest BCUT2D eigenvalue weighted by molar-refractivity contribution is 0.104. The van der Waals surface area contributed by atoms with Crippen molar-refractivity contribution in [3.63, 3.8) is 0 Å². The molecule has 0 aliphatic heterocycles. The van der Waals surface area contributed by atoms with E-state index < -0.39 is 0 Å². The van der Waals surface area contributed by atoms with Gasteiger partial charge in [0.2, 0.25) is 5.78 Å². The Bertz CT molecular complexity index is 670. The second kappa shape index (κ2) is 6.19. The van der Waals surface area contributed by atoms with E-state index in [1.165, 1.54) is 12.3 Å². The highest BCUT2D eigenvalue weighted by Gasteiger charge is 2.16. The lowest BCUT2D eigenvalue weighted by Crippen LogP contribution is -2.14. The maximum atomic E-state index is 12.1. The zero-order valence-electron chi connectivity index (χ0n) is 12.3. The summed E-state index contributed by atoms with van der Waals surface area (Å²) < 4.78 is 0. The van der Waals surface area contributed by atoms with Gasteiger partial charge in [-0.1, -0.05) is 50.6 Å². The smallest absolute Gasteiger partial charge is 0.205 e. The van der Waals surface area contributed by atoms with Crippen LogP contribution in [0.5, 0.6) is 0 Å². The zero-order chi connectivity index (χ0) is 15.5. The summed E-state index contributed by atoms with van der Waals surface area (Å²) in [7, 11) is 0. The fourth-order valence-electron chi connectivity index (χ4n) is 1.70. The minimum absolute atomic E-state index is 0.0814. The molecule has 0 fully saturated rings. The molecule has 0 aliphatic carbocycles. The van der Waals surface area contributed by atoms with Gasteiger partial charge in [-0.3, -0.25) is 9.78 Å². The van der Waals surface area contributed by atoms with Crippen molar-refractivity contribution in [3.05, 3.63) is 64.7 Å². The second-order valence-electron chi connectivity index (χ2n) is 5.76. The standard InChI is InChI=1S/C17H17ClN2O/c1-17(2,3)16-11-19-14(10-20-16)15(21)9-8-12-6-4-5-7-13(12)18/h4-11H,1-3H3/b9-8+. The summed E-state index contributed by atoms with van der Waals surface area (Å²) in [5.41, 5.74) is 1.90. The molecule has 0 atom stereocenters. The average Bonchev–Trinajstić information content (AvgIpc) is 2.45. The first-order valence-corrected chi connectivity index (χ1v) is 7.05. The van der Waals surface area contributed by atoms with Crippen LogP contribution in [0.1, 0.15) is 42.5 Å². The van der Waals surface area contributed by atoms with E-state index in [9.17, 15) is 4.79 Å². The highest BCUT2D eigenvalue weighted by molar-refractivity contribution is 6.32. The van der Waals surface area contributed by atoms with Gasteiger partial charge in [0.1, 0.15) is 5.69 Å². The van der Waals surface area contributed by atoms with E-state index in [4.69, 9.17) is 11.6 Å². The van der Waals surface area contributed by atoms with Crippen LogP contribution in [0.3, 0.4) is 0 Å². The average molecular weight is 301 g/mol. The Balaban J connectivity index is 2.16. The predicted octanol–water partition coefficient (Wildman–Crippen LogP) is 4.32. The van der Waals surface area contributed by atoms with Crippen molar-refractivity contribution in [2.24, 2.45) is 0 Å². The minimum Gasteiger partial charge on any atom is -0.287 e. The molecule has 1 heterocycles. The molecule has 21 heavy (non-hydrogen) atoms. The van der Waals surface area contributed by atoms with E-state index in [0.29, 0.717) is 10.7 Å². The Morgan fingerprint density at radius 2 is 1.86 bits per heavy atom. The number of nitrogens with zero attached hydrogens (tertiary/aromatic N) is 2. The van der Waals surface area contributed by atoms with Crippen LogP contribution in [-0.2, 0) is 5.41 Å². The van der Waals surface area contributed by atoms with E-state index >= 15 is 0 Å². The number of allylic oxidation sites excluding steroid dienone is 1. The molecule has 0 radical (unpaired) electrons. The zero-order valence-corrected chi connectivity index (χ0v) is 13.1. The van der Waals surface area contributed by atoms with Crippen molar-refractivity contribution < 1.29 is 4.79 Å². The van der Waals surface area contributed by atoms with Gasteiger partial charge in [-0.25, -0.2) is 4.98 Å². The molecule has 0 bridgehead atoms. The van der Waals surface area contributed by atoms with Gasteiger partial charge in [0.25, 0.3) is 0 Å². The molecule has 0 amide bonds. The number of carbonyl (C=O) groups excluding carboxylic acids is 1. The van der Waals surface area contributed by atoms with Crippen molar-refractivity contribution in [2.45, 2.75) is 26.2 Å². The van der Waals surface area contributed by atoms with E-state index in [2.05, 4.69) is 30.7 Å². The molecule has 108 valence electrons. The van der Waals surface area contributed by atoms with Crippen LogP contribution < -0.4 is 0 Å². The van der Waals surface area contributed by atoms with Crippen LogP contribution in [0.2, 0.25) is 5.02 Å². The van der Waals surface area contributed by atoms with Gasteiger partial charge in [0.15, 0.2) is 0 Å². The molecule has 2 aromatic rings. The highest BCUT2D eigenvalue weighted by atomic mass is 35.5. The minimum atomic E-state index is -0.192. The first kappa shape index (κ1) is 15.4. The fraction of sp³-hybridized carbons (Fsp3) is 0.235. The number of halogens is 1. The summed E-state index contributed by atoms with van der Waals surface area (Å²) in [6.45, 7) is 6.15. The molecule has 1 aromatic carbocycles. The Morgan fingerprint density at radius 3 is 2.43 bits per heavy atom. The van der Waals surface area contributed by atoms with Gasteiger partial charge >= 0.3 is 0 Å². The largest absolute Gasteiger partial charge is 0.287 e. The SMILES string of the molecule is CC(C)(C)c1cnc(C(=O)/C=C/c2ccccc2Cl)cn1. The third kappa shape index (κ3) is 3.99. The number of ketones is 1. The quantitative estimate of drug-likeness (QED) is 0.626. The molecule has 4 heteroatoms. The molecule has 0 N–H and O–H groups in total. The summed E-state index contributed by atoms with van der Waals surface area (Å²) >= 11 is 6.03. The van der Waals surface area contributed by atoms with Crippen LogP contribution in [0.25, 0.3) is 6.08 Å². The van der Waals surface area contributed by atoms with Gasteiger partial charge in [0.05, 0.1) is 11.9 Å². The van der Waals surface area contributed by atoms with Crippen molar-refractivity contribution in [3.8, 4) is 0 Å². The first-order valence-electron chi connectivity index (χ1n) is 6.67. The van der Waals surface area contributed by atoms with Crippen molar-refractivity contribution in [1.29, 1.82) is 0 Å². The molecule has 0 unspecified atom stereocenters. The lowest BCUT2D eigenvalue weighted by Gasteiger charge is -2.16. The summed E-state index contributed by atoms with van der Waals surface area (Å²) in [6, 6.07) is 7.34. The van der Waals surface area contributed by atoms with E-state index in [1.54, 1.807) is 18.3 Å². The fourth-order valence-corrected chi connectivity index (χ4v) is 1.90. The number of rotatable bonds is 3. The van der Waals surface area contributed by atoms with Gasteiger partial charge in [-0.05, 0) is 23.8 Å². The monoisotopic (exact) mass is 300 g/mol. The van der Waals surface area contributed by atoms with Crippen molar-refractivity contribution in [2.75, 3.05) is 0 Å². The molecule has 3 nitrogen and oxygen atoms in total. The van der Waals surface area contributed by atoms with Crippen LogP contribution in [0.4, 0.5) is 0 Å². The number of aromatic nitrogens is 2. The van der Waals surface area contributed by atoms with Crippen molar-refractivity contribution in [1.82, 2.24) is 9.97 Å². The van der Waals surface area contributed by atoms with Gasteiger partial charge in [-0.2, -0.15) is 0 Å². The molecule has 1 aromatic heterocycles. The van der Waals surface area contributed by atoms with Crippen LogP contribution >= 0.6 is 11.6 Å². The van der Waals surface area contributed by atoms with Gasteiger partial charge in [-0.15, -0.1) is 0 Å². The van der Waals surface area contributed by atoms with Crippen LogP contribution in [0, 0.1) is 0 Å². The maximum Gasteiger partial charge on any atom is 0.205 e. The number of hydrogen-bond acceptors (Lipinski definition) is 3. The molecule has 0 saturated carbocycles. The summed E-state index contributed by atoms with van der Waals surface area (Å²) in [4.78, 5) is 20.5. The summed E-state index contributed by atoms with van der Waals surface area (Å²) in [5, 5.41) is 0.607. The lowest BCUT2D eigenvalue weighted by atomic mass is 9.93. The molecule has 0 spiro atoms. The molecule has 0 aliphatic rings. The Kier molecular flexibility index (Phi) is 4.53. The van der Waals surface area contributed by atoms with Gasteiger partial charge < -0.3 is 0 Å². The number of hydrogen-bond donors (Lipinski definition) is 0. The number of carbonyl (C=O) groups is 1. The number of benzene rings is 1. The van der Waals surface area contributed by atoms with Crippen molar-refractivity contribution >= 4 is 23.5 Å².